The first kappa shape index (κ1) is 11.5. The first-order valence-corrected chi connectivity index (χ1v) is 6.47. The Bertz CT molecular complexity index is 726. The molecule has 0 bridgehead atoms. The third kappa shape index (κ3) is 2.34. The molecule has 0 saturated heterocycles. The molecule has 0 spiro atoms. The van der Waals surface area contributed by atoms with Crippen molar-refractivity contribution in [2.45, 2.75) is 0 Å². The SMILES string of the molecule is N#Cc1ccc(-c2csc(-c3cnccn3)n2)cc1. The molecule has 0 saturated carbocycles. The van der Waals surface area contributed by atoms with E-state index in [-0.39, 0.29) is 0 Å². The van der Waals surface area contributed by atoms with Crippen molar-refractivity contribution in [3.8, 4) is 28.0 Å². The molecule has 0 aliphatic carbocycles. The molecule has 3 aromatic rings. The lowest BCUT2D eigenvalue weighted by molar-refractivity contribution is 1.19. The van der Waals surface area contributed by atoms with Crippen LogP contribution in [0, 0.1) is 11.3 Å². The van der Waals surface area contributed by atoms with Gasteiger partial charge in [-0.3, -0.25) is 9.97 Å². The average Bonchev–Trinajstić information content (AvgIpc) is 2.98. The Morgan fingerprint density at radius 1 is 1.05 bits per heavy atom. The van der Waals surface area contributed by atoms with E-state index in [1.54, 1.807) is 30.7 Å². The molecule has 2 aromatic heterocycles. The average molecular weight is 264 g/mol. The largest absolute Gasteiger partial charge is 0.261 e. The molecule has 2 heterocycles. The van der Waals surface area contributed by atoms with E-state index in [1.165, 1.54) is 11.3 Å². The summed E-state index contributed by atoms with van der Waals surface area (Å²) >= 11 is 1.53. The van der Waals surface area contributed by atoms with Crippen LogP contribution in [0.15, 0.2) is 48.2 Å². The molecule has 3 rings (SSSR count). The van der Waals surface area contributed by atoms with Crippen LogP contribution in [-0.4, -0.2) is 15.0 Å². The molecule has 4 nitrogen and oxygen atoms in total. The van der Waals surface area contributed by atoms with Crippen molar-refractivity contribution in [1.82, 2.24) is 15.0 Å². The third-order valence-corrected chi connectivity index (χ3v) is 3.46. The summed E-state index contributed by atoms with van der Waals surface area (Å²) in [5.41, 5.74) is 3.29. The maximum atomic E-state index is 8.77. The Hall–Kier alpha value is -2.58. The molecule has 0 fully saturated rings. The molecule has 0 unspecified atom stereocenters. The van der Waals surface area contributed by atoms with Gasteiger partial charge in [0.1, 0.15) is 10.7 Å². The number of hydrogen-bond donors (Lipinski definition) is 0. The standard InChI is InChI=1S/C14H8N4S/c15-7-10-1-3-11(4-2-10)13-9-19-14(18-13)12-8-16-5-6-17-12/h1-6,8-9H. The molecule has 90 valence electrons. The minimum Gasteiger partial charge on any atom is -0.261 e. The molecule has 5 heteroatoms. The minimum atomic E-state index is 0.646. The normalized spacial score (nSPS) is 10.1. The van der Waals surface area contributed by atoms with Crippen molar-refractivity contribution in [2.24, 2.45) is 0 Å². The van der Waals surface area contributed by atoms with E-state index in [1.807, 2.05) is 17.5 Å². The molecule has 0 radical (unpaired) electrons. The van der Waals surface area contributed by atoms with Crippen LogP contribution in [-0.2, 0) is 0 Å². The summed E-state index contributed by atoms with van der Waals surface area (Å²) in [7, 11) is 0. The highest BCUT2D eigenvalue weighted by Gasteiger charge is 2.07. The van der Waals surface area contributed by atoms with E-state index in [4.69, 9.17) is 5.26 Å². The molecular formula is C14H8N4S. The summed E-state index contributed by atoms with van der Waals surface area (Å²) in [4.78, 5) is 12.8. The highest BCUT2D eigenvalue weighted by molar-refractivity contribution is 7.13. The van der Waals surface area contributed by atoms with Gasteiger partial charge < -0.3 is 0 Å². The summed E-state index contributed by atoms with van der Waals surface area (Å²) < 4.78 is 0. The van der Waals surface area contributed by atoms with E-state index >= 15 is 0 Å². The Morgan fingerprint density at radius 2 is 1.89 bits per heavy atom. The fourth-order valence-electron chi connectivity index (χ4n) is 1.65. The Labute approximate surface area is 114 Å². The summed E-state index contributed by atoms with van der Waals surface area (Å²) in [5, 5.41) is 11.6. The van der Waals surface area contributed by atoms with Gasteiger partial charge >= 0.3 is 0 Å². The predicted molar refractivity (Wildman–Crippen MR) is 73.3 cm³/mol. The lowest BCUT2D eigenvalue weighted by atomic mass is 10.1. The number of thiazole rings is 1. The van der Waals surface area contributed by atoms with Gasteiger partial charge in [0.05, 0.1) is 23.5 Å². The van der Waals surface area contributed by atoms with Crippen molar-refractivity contribution in [1.29, 1.82) is 5.26 Å². The second-order valence-corrected chi connectivity index (χ2v) is 4.68. The molecule has 1 aromatic carbocycles. The topological polar surface area (TPSA) is 62.5 Å². The molecule has 0 amide bonds. The van der Waals surface area contributed by atoms with Crippen molar-refractivity contribution in [3.05, 3.63) is 53.8 Å². The van der Waals surface area contributed by atoms with Crippen LogP contribution in [0.1, 0.15) is 5.56 Å². The zero-order valence-electron chi connectivity index (χ0n) is 9.82. The number of rotatable bonds is 2. The molecule has 0 aliphatic rings. The van der Waals surface area contributed by atoms with E-state index in [0.717, 1.165) is 22.0 Å². The van der Waals surface area contributed by atoms with Gasteiger partial charge in [0, 0.05) is 23.3 Å². The lowest BCUT2D eigenvalue weighted by Gasteiger charge is -1.96. The predicted octanol–water partition coefficient (Wildman–Crippen LogP) is 3.14. The maximum Gasteiger partial charge on any atom is 0.144 e. The van der Waals surface area contributed by atoms with Gasteiger partial charge in [-0.2, -0.15) is 5.26 Å². The summed E-state index contributed by atoms with van der Waals surface area (Å²) in [5.74, 6) is 0. The first-order chi connectivity index (χ1) is 9.36. The minimum absolute atomic E-state index is 0.646. The van der Waals surface area contributed by atoms with Crippen LogP contribution in [0.25, 0.3) is 22.0 Å². The van der Waals surface area contributed by atoms with Gasteiger partial charge in [0.2, 0.25) is 0 Å². The van der Waals surface area contributed by atoms with Crippen molar-refractivity contribution < 1.29 is 0 Å². The zero-order valence-corrected chi connectivity index (χ0v) is 10.6. The monoisotopic (exact) mass is 264 g/mol. The summed E-state index contributed by atoms with van der Waals surface area (Å²) in [6.45, 7) is 0. The molecule has 19 heavy (non-hydrogen) atoms. The number of nitriles is 1. The van der Waals surface area contributed by atoms with Crippen molar-refractivity contribution in [2.75, 3.05) is 0 Å². The van der Waals surface area contributed by atoms with E-state index in [0.29, 0.717) is 5.56 Å². The quantitative estimate of drug-likeness (QED) is 0.713. The van der Waals surface area contributed by atoms with Gasteiger partial charge in [0.25, 0.3) is 0 Å². The van der Waals surface area contributed by atoms with Crippen LogP contribution in [0.3, 0.4) is 0 Å². The van der Waals surface area contributed by atoms with Crippen molar-refractivity contribution in [3.63, 3.8) is 0 Å². The Kier molecular flexibility index (Phi) is 3.01. The van der Waals surface area contributed by atoms with E-state index < -0.39 is 0 Å². The second-order valence-electron chi connectivity index (χ2n) is 3.82. The highest BCUT2D eigenvalue weighted by Crippen LogP contribution is 2.27. The molecule has 0 atom stereocenters. The Balaban J connectivity index is 1.95. The van der Waals surface area contributed by atoms with Crippen LogP contribution < -0.4 is 0 Å². The number of aromatic nitrogens is 3. The fraction of sp³-hybridized carbons (Fsp3) is 0. The third-order valence-electron chi connectivity index (χ3n) is 2.60. The molecule has 0 N–H and O–H groups in total. The van der Waals surface area contributed by atoms with Crippen molar-refractivity contribution >= 4 is 11.3 Å². The van der Waals surface area contributed by atoms with Gasteiger partial charge in [0.15, 0.2) is 0 Å². The summed E-state index contributed by atoms with van der Waals surface area (Å²) in [6, 6.07) is 9.47. The van der Waals surface area contributed by atoms with Gasteiger partial charge in [-0.05, 0) is 12.1 Å². The van der Waals surface area contributed by atoms with E-state index in [9.17, 15) is 0 Å². The van der Waals surface area contributed by atoms with Crippen LogP contribution in [0.4, 0.5) is 0 Å². The maximum absolute atomic E-state index is 8.77. The first-order valence-electron chi connectivity index (χ1n) is 5.59. The van der Waals surface area contributed by atoms with Crippen LogP contribution in [0.2, 0.25) is 0 Å². The fourth-order valence-corrected chi connectivity index (χ4v) is 2.44. The highest BCUT2D eigenvalue weighted by atomic mass is 32.1. The Morgan fingerprint density at radius 3 is 2.58 bits per heavy atom. The van der Waals surface area contributed by atoms with E-state index in [2.05, 4.69) is 21.0 Å². The number of benzene rings is 1. The number of hydrogen-bond acceptors (Lipinski definition) is 5. The second kappa shape index (κ2) is 4.96. The summed E-state index contributed by atoms with van der Waals surface area (Å²) in [6.07, 6.45) is 4.98. The zero-order chi connectivity index (χ0) is 13.1. The van der Waals surface area contributed by atoms with Gasteiger partial charge in [-0.25, -0.2) is 4.98 Å². The smallest absolute Gasteiger partial charge is 0.144 e. The molecule has 0 aliphatic heterocycles. The molecular weight excluding hydrogens is 256 g/mol. The van der Waals surface area contributed by atoms with Crippen LogP contribution >= 0.6 is 11.3 Å². The van der Waals surface area contributed by atoms with Gasteiger partial charge in [-0.15, -0.1) is 11.3 Å². The van der Waals surface area contributed by atoms with Crippen LogP contribution in [0.5, 0.6) is 0 Å². The number of nitrogens with zero attached hydrogens (tertiary/aromatic N) is 4. The van der Waals surface area contributed by atoms with Gasteiger partial charge in [-0.1, -0.05) is 12.1 Å². The lowest BCUT2D eigenvalue weighted by Crippen LogP contribution is -1.84.